The van der Waals surface area contributed by atoms with Gasteiger partial charge >= 0.3 is 6.01 Å². The highest BCUT2D eigenvalue weighted by molar-refractivity contribution is 7.92. The second-order valence-corrected chi connectivity index (χ2v) is 9.49. The molecule has 0 radical (unpaired) electrons. The smallest absolute Gasteiger partial charge is 0.322 e. The maximum absolute atomic E-state index is 12.2. The number of benzene rings is 2. The largest absolute Gasteiger partial charge is 0.497 e. The van der Waals surface area contributed by atoms with Crippen LogP contribution in [0.2, 0.25) is 0 Å². The predicted octanol–water partition coefficient (Wildman–Crippen LogP) is 3.03. The van der Waals surface area contributed by atoms with Gasteiger partial charge in [0.15, 0.2) is 9.84 Å². The van der Waals surface area contributed by atoms with Crippen LogP contribution >= 0.6 is 0 Å². The van der Waals surface area contributed by atoms with Crippen molar-refractivity contribution in [2.24, 2.45) is 0 Å². The molecule has 0 saturated heterocycles. The zero-order valence-electron chi connectivity index (χ0n) is 17.0. The van der Waals surface area contributed by atoms with Crippen molar-refractivity contribution in [1.29, 1.82) is 0 Å². The lowest BCUT2D eigenvalue weighted by Gasteiger charge is -2.08. The quantitative estimate of drug-likeness (QED) is 0.586. The first-order valence-electron chi connectivity index (χ1n) is 9.36. The Labute approximate surface area is 175 Å². The SMILES string of the molecule is COc1ccc(CC(=O)Nc2nnc(Cc3ccc(S(=O)(=O)C(C)C)cc3)o2)cc1. The topological polar surface area (TPSA) is 111 Å². The molecule has 0 spiro atoms. The van der Waals surface area contributed by atoms with E-state index in [4.69, 9.17) is 9.15 Å². The van der Waals surface area contributed by atoms with Gasteiger partial charge in [0, 0.05) is 0 Å². The van der Waals surface area contributed by atoms with Gasteiger partial charge in [-0.25, -0.2) is 8.42 Å². The van der Waals surface area contributed by atoms with Crippen LogP contribution in [0.15, 0.2) is 57.8 Å². The van der Waals surface area contributed by atoms with Crippen LogP contribution in [0.3, 0.4) is 0 Å². The summed E-state index contributed by atoms with van der Waals surface area (Å²) < 4.78 is 34.9. The summed E-state index contributed by atoms with van der Waals surface area (Å²) in [5, 5.41) is 9.86. The van der Waals surface area contributed by atoms with Crippen LogP contribution < -0.4 is 10.1 Å². The van der Waals surface area contributed by atoms with Crippen molar-refractivity contribution in [1.82, 2.24) is 10.2 Å². The molecule has 8 nitrogen and oxygen atoms in total. The number of carbonyl (C=O) groups is 1. The maximum Gasteiger partial charge on any atom is 0.322 e. The fourth-order valence-electron chi connectivity index (χ4n) is 2.71. The second-order valence-electron chi connectivity index (χ2n) is 6.99. The molecule has 30 heavy (non-hydrogen) atoms. The van der Waals surface area contributed by atoms with Crippen LogP contribution in [0.1, 0.15) is 30.9 Å². The van der Waals surface area contributed by atoms with E-state index in [0.717, 1.165) is 16.9 Å². The van der Waals surface area contributed by atoms with Crippen LogP contribution in [-0.4, -0.2) is 36.9 Å². The summed E-state index contributed by atoms with van der Waals surface area (Å²) in [6.07, 6.45) is 0.483. The molecule has 3 rings (SSSR count). The van der Waals surface area contributed by atoms with Gasteiger partial charge in [0.1, 0.15) is 5.75 Å². The van der Waals surface area contributed by atoms with E-state index in [2.05, 4.69) is 15.5 Å². The number of nitrogens with zero attached hydrogens (tertiary/aromatic N) is 2. The van der Waals surface area contributed by atoms with E-state index in [0.29, 0.717) is 12.3 Å². The molecule has 0 unspecified atom stereocenters. The number of rotatable bonds is 8. The fourth-order valence-corrected chi connectivity index (χ4v) is 3.77. The minimum Gasteiger partial charge on any atom is -0.497 e. The van der Waals surface area contributed by atoms with Gasteiger partial charge in [-0.05, 0) is 49.2 Å². The minimum absolute atomic E-state index is 0.0162. The molecular formula is C21H23N3O5S. The van der Waals surface area contributed by atoms with Crippen LogP contribution in [0.5, 0.6) is 5.75 Å². The number of hydrogen-bond acceptors (Lipinski definition) is 7. The zero-order valence-corrected chi connectivity index (χ0v) is 17.8. The molecular weight excluding hydrogens is 406 g/mol. The Morgan fingerprint density at radius 3 is 2.27 bits per heavy atom. The number of nitrogens with one attached hydrogen (secondary N) is 1. The summed E-state index contributed by atoms with van der Waals surface area (Å²) in [6, 6.07) is 13.8. The van der Waals surface area contributed by atoms with E-state index >= 15 is 0 Å². The van der Waals surface area contributed by atoms with Gasteiger partial charge in [-0.15, -0.1) is 5.10 Å². The summed E-state index contributed by atoms with van der Waals surface area (Å²) in [5.74, 6) is 0.753. The maximum atomic E-state index is 12.2. The third-order valence-corrected chi connectivity index (χ3v) is 6.64. The first-order valence-corrected chi connectivity index (χ1v) is 10.9. The molecule has 0 saturated carbocycles. The van der Waals surface area contributed by atoms with Crippen molar-refractivity contribution >= 4 is 21.8 Å². The molecule has 1 N–H and O–H groups in total. The van der Waals surface area contributed by atoms with E-state index in [-0.39, 0.29) is 23.2 Å². The van der Waals surface area contributed by atoms with Crippen molar-refractivity contribution < 1.29 is 22.4 Å². The lowest BCUT2D eigenvalue weighted by atomic mass is 10.1. The van der Waals surface area contributed by atoms with Gasteiger partial charge in [0.05, 0.1) is 30.1 Å². The highest BCUT2D eigenvalue weighted by Gasteiger charge is 2.19. The van der Waals surface area contributed by atoms with Gasteiger partial charge in [0.2, 0.25) is 11.8 Å². The molecule has 1 amide bonds. The Balaban J connectivity index is 1.58. The van der Waals surface area contributed by atoms with Crippen molar-refractivity contribution in [3.8, 4) is 5.75 Å². The number of amides is 1. The molecule has 0 bridgehead atoms. The summed E-state index contributed by atoms with van der Waals surface area (Å²) in [6.45, 7) is 3.29. The normalized spacial score (nSPS) is 11.5. The molecule has 1 aromatic heterocycles. The van der Waals surface area contributed by atoms with Crippen molar-refractivity contribution in [3.63, 3.8) is 0 Å². The minimum atomic E-state index is -3.31. The van der Waals surface area contributed by atoms with Gasteiger partial charge in [0.25, 0.3) is 0 Å². The molecule has 0 aliphatic heterocycles. The average molecular weight is 429 g/mol. The van der Waals surface area contributed by atoms with Crippen molar-refractivity contribution in [3.05, 3.63) is 65.5 Å². The van der Waals surface area contributed by atoms with Gasteiger partial charge < -0.3 is 9.15 Å². The van der Waals surface area contributed by atoms with E-state index in [1.807, 2.05) is 0 Å². The monoisotopic (exact) mass is 429 g/mol. The molecule has 0 atom stereocenters. The van der Waals surface area contributed by atoms with E-state index in [1.165, 1.54) is 0 Å². The van der Waals surface area contributed by atoms with Gasteiger partial charge in [-0.2, -0.15) is 0 Å². The second kappa shape index (κ2) is 9.08. The number of aromatic nitrogens is 2. The van der Waals surface area contributed by atoms with Crippen LogP contribution in [0.25, 0.3) is 0 Å². The van der Waals surface area contributed by atoms with E-state index in [9.17, 15) is 13.2 Å². The van der Waals surface area contributed by atoms with Crippen molar-refractivity contribution in [2.75, 3.05) is 12.4 Å². The van der Waals surface area contributed by atoms with E-state index in [1.54, 1.807) is 69.5 Å². The number of ether oxygens (including phenoxy) is 1. The Morgan fingerprint density at radius 1 is 1.03 bits per heavy atom. The van der Waals surface area contributed by atoms with Gasteiger partial charge in [-0.1, -0.05) is 29.4 Å². The standard InChI is InChI=1S/C21H23N3O5S/c1-14(2)30(26,27)18-10-6-16(7-11-18)13-20-23-24-21(29-20)22-19(25)12-15-4-8-17(28-3)9-5-15/h4-11,14H,12-13H2,1-3H3,(H,22,24,25). The van der Waals surface area contributed by atoms with Crippen LogP contribution in [0.4, 0.5) is 6.01 Å². The molecule has 0 fully saturated rings. The Bertz CT molecular complexity index is 1100. The third-order valence-electron chi connectivity index (χ3n) is 4.46. The zero-order chi connectivity index (χ0) is 21.7. The Kier molecular flexibility index (Phi) is 6.51. The highest BCUT2D eigenvalue weighted by atomic mass is 32.2. The molecule has 158 valence electrons. The Morgan fingerprint density at radius 2 is 1.67 bits per heavy atom. The molecule has 3 aromatic rings. The number of carbonyl (C=O) groups excluding carboxylic acids is 1. The molecule has 2 aromatic carbocycles. The number of methoxy groups -OCH3 is 1. The number of hydrogen-bond donors (Lipinski definition) is 1. The molecule has 9 heteroatoms. The van der Waals surface area contributed by atoms with Gasteiger partial charge in [-0.3, -0.25) is 10.1 Å². The summed E-state index contributed by atoms with van der Waals surface area (Å²) >= 11 is 0. The number of sulfone groups is 1. The number of anilines is 1. The summed E-state index contributed by atoms with van der Waals surface area (Å²) in [7, 11) is -1.73. The van der Waals surface area contributed by atoms with Crippen LogP contribution in [0, 0.1) is 0 Å². The van der Waals surface area contributed by atoms with E-state index < -0.39 is 15.1 Å². The lowest BCUT2D eigenvalue weighted by molar-refractivity contribution is -0.115. The molecule has 0 aliphatic carbocycles. The summed E-state index contributed by atoms with van der Waals surface area (Å²) in [5.41, 5.74) is 1.64. The van der Waals surface area contributed by atoms with Crippen LogP contribution in [-0.2, 0) is 27.5 Å². The fraction of sp³-hybridized carbons (Fsp3) is 0.286. The van der Waals surface area contributed by atoms with Crippen molar-refractivity contribution in [2.45, 2.75) is 36.8 Å². The summed E-state index contributed by atoms with van der Waals surface area (Å²) in [4.78, 5) is 12.4. The lowest BCUT2D eigenvalue weighted by Crippen LogP contribution is -2.14. The predicted molar refractivity (Wildman–Crippen MR) is 111 cm³/mol. The first kappa shape index (κ1) is 21.5. The molecule has 0 aliphatic rings. The Hall–Kier alpha value is -3.20. The molecule has 1 heterocycles. The average Bonchev–Trinajstić information content (AvgIpc) is 3.15. The third kappa shape index (κ3) is 5.24. The highest BCUT2D eigenvalue weighted by Crippen LogP contribution is 2.18. The first-order chi connectivity index (χ1) is 14.3.